The van der Waals surface area contributed by atoms with Gasteiger partial charge < -0.3 is 9.84 Å². The molecule has 0 amide bonds. The highest BCUT2D eigenvalue weighted by atomic mass is 16.5. The predicted octanol–water partition coefficient (Wildman–Crippen LogP) is 2.52. The number of methoxy groups -OCH3 is 1. The number of carboxylic acid groups (broad SMARTS) is 1. The summed E-state index contributed by atoms with van der Waals surface area (Å²) in [6, 6.07) is 6.10. The molecule has 1 atom stereocenters. The van der Waals surface area contributed by atoms with Gasteiger partial charge in [0.15, 0.2) is 0 Å². The second-order valence-corrected chi connectivity index (χ2v) is 3.10. The molecule has 0 aliphatic carbocycles. The molecule has 0 saturated heterocycles. The van der Waals surface area contributed by atoms with Crippen LogP contribution in [0.2, 0.25) is 0 Å². The number of ether oxygens (including phenoxy) is 1. The van der Waals surface area contributed by atoms with E-state index in [9.17, 15) is 4.79 Å². The van der Waals surface area contributed by atoms with Crippen molar-refractivity contribution in [2.45, 2.75) is 12.5 Å². The van der Waals surface area contributed by atoms with Gasteiger partial charge >= 0.3 is 5.97 Å². The molecule has 0 aliphatic rings. The number of nitrogens with zero attached hydrogens (tertiary/aromatic N) is 3. The Balaban J connectivity index is 2.99. The normalized spacial score (nSPS) is 11.3. The molecule has 0 bridgehead atoms. The van der Waals surface area contributed by atoms with Gasteiger partial charge in [-0.3, -0.25) is 4.79 Å². The Hall–Kier alpha value is -2.20. The standard InChI is InChI=1S/C10H11N3O3/c1-16-8-4-2-3-7(5-8)9(12-13-11)6-10(14)15/h2-5,9H,6H2,1H3,(H,14,15). The summed E-state index contributed by atoms with van der Waals surface area (Å²) in [4.78, 5) is 13.2. The lowest BCUT2D eigenvalue weighted by atomic mass is 10.0. The fraction of sp³-hybridized carbons (Fsp3) is 0.300. The van der Waals surface area contributed by atoms with Gasteiger partial charge in [-0.25, -0.2) is 0 Å². The molecule has 16 heavy (non-hydrogen) atoms. The highest BCUT2D eigenvalue weighted by molar-refractivity contribution is 5.68. The first-order chi connectivity index (χ1) is 7.67. The summed E-state index contributed by atoms with van der Waals surface area (Å²) in [6.45, 7) is 0. The fourth-order valence-corrected chi connectivity index (χ4v) is 1.30. The Morgan fingerprint density at radius 3 is 3.00 bits per heavy atom. The third-order valence-corrected chi connectivity index (χ3v) is 2.04. The maximum Gasteiger partial charge on any atom is 0.304 e. The Bertz CT molecular complexity index is 427. The van der Waals surface area contributed by atoms with Crippen LogP contribution in [0.3, 0.4) is 0 Å². The van der Waals surface area contributed by atoms with Gasteiger partial charge in [-0.1, -0.05) is 17.2 Å². The number of carbonyl (C=O) groups is 1. The average Bonchev–Trinajstić information content (AvgIpc) is 2.28. The Kier molecular flexibility index (Phi) is 4.17. The molecule has 1 unspecified atom stereocenters. The van der Waals surface area contributed by atoms with E-state index in [4.69, 9.17) is 15.4 Å². The maximum atomic E-state index is 10.6. The smallest absolute Gasteiger partial charge is 0.304 e. The zero-order valence-corrected chi connectivity index (χ0v) is 8.70. The number of hydrogen-bond acceptors (Lipinski definition) is 3. The van der Waals surface area contributed by atoms with Crippen molar-refractivity contribution in [3.63, 3.8) is 0 Å². The lowest BCUT2D eigenvalue weighted by molar-refractivity contribution is -0.137. The Labute approximate surface area is 92.1 Å². The van der Waals surface area contributed by atoms with Crippen LogP contribution in [0.1, 0.15) is 18.0 Å². The van der Waals surface area contributed by atoms with Crippen molar-refractivity contribution in [1.82, 2.24) is 0 Å². The van der Waals surface area contributed by atoms with Gasteiger partial charge in [0, 0.05) is 4.91 Å². The van der Waals surface area contributed by atoms with E-state index in [0.29, 0.717) is 11.3 Å². The minimum Gasteiger partial charge on any atom is -0.497 e. The molecule has 0 fully saturated rings. The van der Waals surface area contributed by atoms with Crippen LogP contribution in [0.4, 0.5) is 0 Å². The molecule has 1 N–H and O–H groups in total. The molecular weight excluding hydrogens is 210 g/mol. The number of carboxylic acids is 1. The SMILES string of the molecule is COc1cccc(C(CC(=O)O)N=[N+]=[N-])c1. The van der Waals surface area contributed by atoms with Crippen molar-refractivity contribution in [2.24, 2.45) is 5.11 Å². The fourth-order valence-electron chi connectivity index (χ4n) is 1.30. The zero-order chi connectivity index (χ0) is 12.0. The van der Waals surface area contributed by atoms with Gasteiger partial charge in [-0.2, -0.15) is 0 Å². The van der Waals surface area contributed by atoms with Gasteiger partial charge in [0.25, 0.3) is 0 Å². The van der Waals surface area contributed by atoms with E-state index < -0.39 is 12.0 Å². The first-order valence-corrected chi connectivity index (χ1v) is 4.57. The molecule has 1 aromatic rings. The first-order valence-electron chi connectivity index (χ1n) is 4.57. The lowest BCUT2D eigenvalue weighted by Gasteiger charge is -2.09. The predicted molar refractivity (Wildman–Crippen MR) is 57.1 cm³/mol. The molecule has 1 rings (SSSR count). The topological polar surface area (TPSA) is 95.3 Å². The number of rotatable bonds is 5. The number of azide groups is 1. The largest absolute Gasteiger partial charge is 0.497 e. The minimum atomic E-state index is -1.01. The zero-order valence-electron chi connectivity index (χ0n) is 8.70. The summed E-state index contributed by atoms with van der Waals surface area (Å²) in [5, 5.41) is 12.1. The first kappa shape index (κ1) is 11.9. The van der Waals surface area contributed by atoms with E-state index in [1.165, 1.54) is 7.11 Å². The molecule has 0 aliphatic heterocycles. The molecule has 0 radical (unpaired) electrons. The van der Waals surface area contributed by atoms with E-state index in [2.05, 4.69) is 10.0 Å². The molecule has 84 valence electrons. The summed E-state index contributed by atoms with van der Waals surface area (Å²) in [5.74, 6) is -0.416. The molecule has 6 nitrogen and oxygen atoms in total. The highest BCUT2D eigenvalue weighted by Crippen LogP contribution is 2.24. The number of aliphatic carboxylic acids is 1. The average molecular weight is 221 g/mol. The second kappa shape index (κ2) is 5.63. The van der Waals surface area contributed by atoms with Crippen LogP contribution in [0.25, 0.3) is 10.4 Å². The lowest BCUT2D eigenvalue weighted by Crippen LogP contribution is -2.03. The van der Waals surface area contributed by atoms with Crippen LogP contribution in [0, 0.1) is 0 Å². The van der Waals surface area contributed by atoms with Crippen LogP contribution in [-0.4, -0.2) is 18.2 Å². The van der Waals surface area contributed by atoms with Gasteiger partial charge in [-0.15, -0.1) is 0 Å². The maximum absolute atomic E-state index is 10.6. The van der Waals surface area contributed by atoms with Crippen LogP contribution in [-0.2, 0) is 4.79 Å². The number of benzene rings is 1. The third-order valence-electron chi connectivity index (χ3n) is 2.04. The molecule has 1 aromatic carbocycles. The van der Waals surface area contributed by atoms with Crippen molar-refractivity contribution in [2.75, 3.05) is 7.11 Å². The van der Waals surface area contributed by atoms with Crippen LogP contribution < -0.4 is 4.74 Å². The molecule has 0 aromatic heterocycles. The van der Waals surface area contributed by atoms with Crippen LogP contribution >= 0.6 is 0 Å². The Morgan fingerprint density at radius 1 is 1.69 bits per heavy atom. The van der Waals surface area contributed by atoms with Gasteiger partial charge in [0.1, 0.15) is 5.75 Å². The molecule has 0 heterocycles. The second-order valence-electron chi connectivity index (χ2n) is 3.10. The van der Waals surface area contributed by atoms with E-state index >= 15 is 0 Å². The van der Waals surface area contributed by atoms with Crippen molar-refractivity contribution in [1.29, 1.82) is 0 Å². The molecule has 6 heteroatoms. The summed E-state index contributed by atoms with van der Waals surface area (Å²) >= 11 is 0. The molecule has 0 spiro atoms. The van der Waals surface area contributed by atoms with E-state index in [1.807, 2.05) is 0 Å². The molecular formula is C10H11N3O3. The van der Waals surface area contributed by atoms with Crippen molar-refractivity contribution >= 4 is 5.97 Å². The van der Waals surface area contributed by atoms with Crippen LogP contribution in [0.15, 0.2) is 29.4 Å². The quantitative estimate of drug-likeness (QED) is 0.470. The highest BCUT2D eigenvalue weighted by Gasteiger charge is 2.14. The van der Waals surface area contributed by atoms with Gasteiger partial charge in [0.05, 0.1) is 19.6 Å². The third kappa shape index (κ3) is 3.18. The van der Waals surface area contributed by atoms with Gasteiger partial charge in [0.2, 0.25) is 0 Å². The molecule has 0 saturated carbocycles. The number of hydrogen-bond donors (Lipinski definition) is 1. The Morgan fingerprint density at radius 2 is 2.44 bits per heavy atom. The summed E-state index contributed by atoms with van der Waals surface area (Å²) in [5.41, 5.74) is 9.00. The minimum absolute atomic E-state index is 0.239. The van der Waals surface area contributed by atoms with Crippen molar-refractivity contribution in [3.05, 3.63) is 40.3 Å². The van der Waals surface area contributed by atoms with E-state index in [-0.39, 0.29) is 6.42 Å². The van der Waals surface area contributed by atoms with E-state index in [1.54, 1.807) is 24.3 Å². The summed E-state index contributed by atoms with van der Waals surface area (Å²) < 4.78 is 5.01. The van der Waals surface area contributed by atoms with E-state index in [0.717, 1.165) is 0 Å². The summed E-state index contributed by atoms with van der Waals surface area (Å²) in [7, 11) is 1.51. The van der Waals surface area contributed by atoms with Crippen molar-refractivity contribution < 1.29 is 14.6 Å². The monoisotopic (exact) mass is 221 g/mol. The van der Waals surface area contributed by atoms with Gasteiger partial charge in [-0.05, 0) is 23.2 Å². The van der Waals surface area contributed by atoms with Crippen LogP contribution in [0.5, 0.6) is 5.75 Å². The van der Waals surface area contributed by atoms with Crippen molar-refractivity contribution in [3.8, 4) is 5.75 Å². The summed E-state index contributed by atoms with van der Waals surface area (Å²) in [6.07, 6.45) is -0.239.